The van der Waals surface area contributed by atoms with Crippen LogP contribution >= 0.6 is 0 Å². The lowest BCUT2D eigenvalue weighted by Gasteiger charge is -2.12. The summed E-state index contributed by atoms with van der Waals surface area (Å²) in [4.78, 5) is 4.12. The average Bonchev–Trinajstić information content (AvgIpc) is 2.40. The van der Waals surface area contributed by atoms with Gasteiger partial charge in [-0.2, -0.15) is 13.2 Å². The summed E-state index contributed by atoms with van der Waals surface area (Å²) in [7, 11) is 0. The van der Waals surface area contributed by atoms with E-state index in [1.807, 2.05) is 12.1 Å². The van der Waals surface area contributed by atoms with E-state index in [1.165, 1.54) is 6.07 Å². The van der Waals surface area contributed by atoms with Crippen LogP contribution in [0.15, 0.2) is 42.6 Å². The molecule has 1 heterocycles. The first-order valence-electron chi connectivity index (χ1n) is 5.96. The van der Waals surface area contributed by atoms with Crippen molar-refractivity contribution in [3.63, 3.8) is 0 Å². The average molecular weight is 282 g/mol. The smallest absolute Gasteiger partial charge is 0.416 e. The molecule has 0 amide bonds. The Morgan fingerprint density at radius 2 is 1.95 bits per heavy atom. The van der Waals surface area contributed by atoms with E-state index >= 15 is 0 Å². The zero-order valence-electron chi connectivity index (χ0n) is 10.5. The van der Waals surface area contributed by atoms with Crippen LogP contribution in [0, 0.1) is 0 Å². The van der Waals surface area contributed by atoms with Crippen molar-refractivity contribution in [3.8, 4) is 5.75 Å². The second-order valence-electron chi connectivity index (χ2n) is 4.17. The van der Waals surface area contributed by atoms with Crippen LogP contribution in [0.4, 0.5) is 18.9 Å². The Morgan fingerprint density at radius 3 is 2.55 bits per heavy atom. The van der Waals surface area contributed by atoms with Gasteiger partial charge in [0.1, 0.15) is 5.75 Å². The maximum Gasteiger partial charge on any atom is 0.416 e. The highest BCUT2D eigenvalue weighted by Crippen LogP contribution is 2.33. The van der Waals surface area contributed by atoms with Crippen molar-refractivity contribution in [1.29, 1.82) is 0 Å². The summed E-state index contributed by atoms with van der Waals surface area (Å²) < 4.78 is 42.8. The van der Waals surface area contributed by atoms with Gasteiger partial charge in [0.15, 0.2) is 0 Å². The Labute approximate surface area is 114 Å². The third-order valence-electron chi connectivity index (χ3n) is 2.68. The molecule has 0 unspecified atom stereocenters. The van der Waals surface area contributed by atoms with Gasteiger partial charge in [-0.3, -0.25) is 4.98 Å². The number of alkyl halides is 3. The van der Waals surface area contributed by atoms with Gasteiger partial charge in [-0.25, -0.2) is 0 Å². The van der Waals surface area contributed by atoms with E-state index < -0.39 is 11.7 Å². The number of nitrogens with two attached hydrogens (primary N) is 1. The maximum atomic E-state index is 12.5. The molecule has 0 aliphatic carbocycles. The number of hydrogen-bond donors (Lipinski definition) is 1. The monoisotopic (exact) mass is 282 g/mol. The topological polar surface area (TPSA) is 48.1 Å². The van der Waals surface area contributed by atoms with Crippen LogP contribution in [0.2, 0.25) is 0 Å². The summed E-state index contributed by atoms with van der Waals surface area (Å²) in [6.07, 6.45) is -2.18. The highest BCUT2D eigenvalue weighted by molar-refractivity contribution is 5.54. The first kappa shape index (κ1) is 14.2. The predicted octanol–water partition coefficient (Wildman–Crippen LogP) is 3.30. The largest absolute Gasteiger partial charge is 0.491 e. The molecule has 2 N–H and O–H groups in total. The highest BCUT2D eigenvalue weighted by Gasteiger charge is 2.30. The molecule has 1 aromatic carbocycles. The minimum absolute atomic E-state index is 0.0270. The standard InChI is InChI=1S/C14H13F3N2O/c15-14(16,17)10-4-5-13(12(18)9-10)20-8-6-11-3-1-2-7-19-11/h1-5,7,9H,6,8,18H2. The van der Waals surface area contributed by atoms with E-state index in [9.17, 15) is 13.2 Å². The molecule has 0 aliphatic heterocycles. The van der Waals surface area contributed by atoms with E-state index in [-0.39, 0.29) is 11.4 Å². The first-order valence-corrected chi connectivity index (χ1v) is 5.96. The van der Waals surface area contributed by atoms with Gasteiger partial charge in [-0.05, 0) is 30.3 Å². The molecule has 0 aliphatic rings. The summed E-state index contributed by atoms with van der Waals surface area (Å²) >= 11 is 0. The molecule has 106 valence electrons. The van der Waals surface area contributed by atoms with Crippen molar-refractivity contribution in [2.75, 3.05) is 12.3 Å². The number of rotatable bonds is 4. The lowest BCUT2D eigenvalue weighted by molar-refractivity contribution is -0.137. The van der Waals surface area contributed by atoms with Gasteiger partial charge in [-0.1, -0.05) is 6.07 Å². The van der Waals surface area contributed by atoms with Crippen molar-refractivity contribution >= 4 is 5.69 Å². The van der Waals surface area contributed by atoms with Crippen molar-refractivity contribution in [3.05, 3.63) is 53.9 Å². The third-order valence-corrected chi connectivity index (χ3v) is 2.68. The predicted molar refractivity (Wildman–Crippen MR) is 69.3 cm³/mol. The molecule has 0 saturated heterocycles. The SMILES string of the molecule is Nc1cc(C(F)(F)F)ccc1OCCc1ccccn1. The van der Waals surface area contributed by atoms with E-state index in [0.717, 1.165) is 17.8 Å². The molecule has 0 fully saturated rings. The van der Waals surface area contributed by atoms with Crippen LogP contribution in [0.5, 0.6) is 5.75 Å². The second-order valence-corrected chi connectivity index (χ2v) is 4.17. The van der Waals surface area contributed by atoms with Gasteiger partial charge >= 0.3 is 6.18 Å². The molecule has 0 bridgehead atoms. The zero-order valence-corrected chi connectivity index (χ0v) is 10.5. The number of benzene rings is 1. The molecule has 6 heteroatoms. The van der Waals surface area contributed by atoms with Crippen LogP contribution in [0.3, 0.4) is 0 Å². The lowest BCUT2D eigenvalue weighted by Crippen LogP contribution is -2.08. The molecule has 2 aromatic rings. The van der Waals surface area contributed by atoms with Gasteiger partial charge in [0.2, 0.25) is 0 Å². The lowest BCUT2D eigenvalue weighted by atomic mass is 10.2. The molecule has 0 saturated carbocycles. The van der Waals surface area contributed by atoms with Crippen LogP contribution in [0.1, 0.15) is 11.3 Å². The fourth-order valence-electron chi connectivity index (χ4n) is 1.67. The van der Waals surface area contributed by atoms with Crippen LogP contribution < -0.4 is 10.5 Å². The summed E-state index contributed by atoms with van der Waals surface area (Å²) in [5.74, 6) is 0.244. The molecular formula is C14H13F3N2O. The van der Waals surface area contributed by atoms with Crippen LogP contribution in [-0.2, 0) is 12.6 Å². The minimum atomic E-state index is -4.40. The molecule has 3 nitrogen and oxygen atoms in total. The van der Waals surface area contributed by atoms with E-state index in [2.05, 4.69) is 4.98 Å². The Bertz CT molecular complexity index is 570. The van der Waals surface area contributed by atoms with Gasteiger partial charge in [-0.15, -0.1) is 0 Å². The number of aromatic nitrogens is 1. The van der Waals surface area contributed by atoms with Gasteiger partial charge in [0.05, 0.1) is 17.9 Å². The van der Waals surface area contributed by atoms with Crippen molar-refractivity contribution < 1.29 is 17.9 Å². The van der Waals surface area contributed by atoms with Gasteiger partial charge in [0.25, 0.3) is 0 Å². The molecule has 1 aromatic heterocycles. The van der Waals surface area contributed by atoms with Crippen molar-refractivity contribution in [1.82, 2.24) is 4.98 Å². The number of pyridine rings is 1. The Morgan fingerprint density at radius 1 is 1.15 bits per heavy atom. The molecule has 0 radical (unpaired) electrons. The summed E-state index contributed by atoms with van der Waals surface area (Å²) in [6, 6.07) is 8.56. The summed E-state index contributed by atoms with van der Waals surface area (Å²) in [5, 5.41) is 0. The first-order chi connectivity index (χ1) is 9.47. The van der Waals surface area contributed by atoms with Crippen molar-refractivity contribution in [2.45, 2.75) is 12.6 Å². The number of anilines is 1. The maximum absolute atomic E-state index is 12.5. The van der Waals surface area contributed by atoms with Gasteiger partial charge < -0.3 is 10.5 Å². The highest BCUT2D eigenvalue weighted by atomic mass is 19.4. The van der Waals surface area contributed by atoms with Crippen LogP contribution in [0.25, 0.3) is 0 Å². The Hall–Kier alpha value is -2.24. The summed E-state index contributed by atoms with van der Waals surface area (Å²) in [5.41, 5.74) is 5.59. The van der Waals surface area contributed by atoms with E-state index in [4.69, 9.17) is 10.5 Å². The fraction of sp³-hybridized carbons (Fsp3) is 0.214. The molecule has 2 rings (SSSR count). The third kappa shape index (κ3) is 3.63. The Balaban J connectivity index is 1.97. The summed E-state index contributed by atoms with van der Waals surface area (Å²) in [6.45, 7) is 0.298. The zero-order chi connectivity index (χ0) is 14.6. The van der Waals surface area contributed by atoms with E-state index in [0.29, 0.717) is 13.0 Å². The number of hydrogen-bond acceptors (Lipinski definition) is 3. The fourth-order valence-corrected chi connectivity index (χ4v) is 1.67. The second kappa shape index (κ2) is 5.81. The number of nitrogens with zero attached hydrogens (tertiary/aromatic N) is 1. The Kier molecular flexibility index (Phi) is 4.12. The number of nitrogen functional groups attached to an aromatic ring is 1. The minimum Gasteiger partial charge on any atom is -0.491 e. The normalized spacial score (nSPS) is 11.3. The van der Waals surface area contributed by atoms with Crippen molar-refractivity contribution in [2.24, 2.45) is 0 Å². The number of ether oxygens (including phenoxy) is 1. The molecule has 0 atom stereocenters. The molecule has 0 spiro atoms. The number of halogens is 3. The quantitative estimate of drug-likeness (QED) is 0.875. The molecular weight excluding hydrogens is 269 g/mol. The van der Waals surface area contributed by atoms with Gasteiger partial charge in [0, 0.05) is 18.3 Å². The molecule has 20 heavy (non-hydrogen) atoms. The van der Waals surface area contributed by atoms with E-state index in [1.54, 1.807) is 12.3 Å². The van der Waals surface area contributed by atoms with Crippen LogP contribution in [-0.4, -0.2) is 11.6 Å².